The number of ketones is 1. The summed E-state index contributed by atoms with van der Waals surface area (Å²) in [5.41, 5.74) is 1.31. The fourth-order valence-corrected chi connectivity index (χ4v) is 4.36. The highest BCUT2D eigenvalue weighted by atomic mass is 16.5. The van der Waals surface area contributed by atoms with Gasteiger partial charge in [0.15, 0.2) is 5.78 Å². The Morgan fingerprint density at radius 2 is 1.83 bits per heavy atom. The summed E-state index contributed by atoms with van der Waals surface area (Å²) in [6.45, 7) is 4.29. The van der Waals surface area contributed by atoms with Crippen molar-refractivity contribution in [2.45, 2.75) is 65.0 Å². The number of hydrogen-bond donors (Lipinski definition) is 2. The number of H-pyrrole nitrogens is 1. The Morgan fingerprint density at radius 3 is 2.53 bits per heavy atom. The minimum Gasteiger partial charge on any atom is -0.490 e. The van der Waals surface area contributed by atoms with E-state index < -0.39 is 11.5 Å². The van der Waals surface area contributed by atoms with Crippen LogP contribution in [0.4, 0.5) is 0 Å². The molecule has 0 atom stereocenters. The number of amides is 1. The van der Waals surface area contributed by atoms with Gasteiger partial charge in [-0.1, -0.05) is 26.0 Å². The highest BCUT2D eigenvalue weighted by Crippen LogP contribution is 2.33. The zero-order chi connectivity index (χ0) is 21.3. The van der Waals surface area contributed by atoms with Gasteiger partial charge in [-0.25, -0.2) is 0 Å². The van der Waals surface area contributed by atoms with E-state index in [1.165, 1.54) is 18.9 Å². The first-order chi connectivity index (χ1) is 14.3. The zero-order valence-corrected chi connectivity index (χ0v) is 17.5. The summed E-state index contributed by atoms with van der Waals surface area (Å²) in [6.07, 6.45) is 5.97. The first-order valence-electron chi connectivity index (χ1n) is 10.6. The lowest BCUT2D eigenvalue weighted by Gasteiger charge is -2.29. The fraction of sp³-hybridized carbons (Fsp3) is 0.458. The standard InChI is InChI=1S/C24H28N2O4/c1-24(2)12-20-18(21(27)13-24)11-19(23(29)26-20)22(28)25-14-15-7-9-17(10-8-15)30-16-5-3-4-6-16/h7-11,16H,3-6,12-14H2,1-2H3,(H,25,28)(H,26,29). The van der Waals surface area contributed by atoms with E-state index in [4.69, 9.17) is 4.74 Å². The number of pyridine rings is 1. The molecule has 2 aliphatic carbocycles. The predicted molar refractivity (Wildman–Crippen MR) is 114 cm³/mol. The summed E-state index contributed by atoms with van der Waals surface area (Å²) in [5.74, 6) is 0.317. The molecule has 0 aliphatic heterocycles. The number of nitrogens with one attached hydrogen (secondary N) is 2. The summed E-state index contributed by atoms with van der Waals surface area (Å²) in [7, 11) is 0. The molecular weight excluding hydrogens is 380 g/mol. The maximum atomic E-state index is 12.6. The van der Waals surface area contributed by atoms with Crippen molar-refractivity contribution in [2.24, 2.45) is 5.41 Å². The summed E-state index contributed by atoms with van der Waals surface area (Å²) < 4.78 is 5.95. The normalized spacial score (nSPS) is 18.1. The average molecular weight is 408 g/mol. The molecule has 6 nitrogen and oxygen atoms in total. The quantitative estimate of drug-likeness (QED) is 0.788. The highest BCUT2D eigenvalue weighted by molar-refractivity contribution is 6.02. The Bertz CT molecular complexity index is 1010. The van der Waals surface area contributed by atoms with Crippen molar-refractivity contribution in [1.29, 1.82) is 0 Å². The Labute approximate surface area is 176 Å². The molecule has 1 aromatic heterocycles. The fourth-order valence-electron chi connectivity index (χ4n) is 4.36. The largest absolute Gasteiger partial charge is 0.490 e. The van der Waals surface area contributed by atoms with E-state index in [2.05, 4.69) is 10.3 Å². The van der Waals surface area contributed by atoms with Crippen LogP contribution in [0.15, 0.2) is 35.1 Å². The molecule has 30 heavy (non-hydrogen) atoms. The van der Waals surface area contributed by atoms with Crippen LogP contribution < -0.4 is 15.6 Å². The monoisotopic (exact) mass is 408 g/mol. The van der Waals surface area contributed by atoms with Gasteiger partial charge in [-0.15, -0.1) is 0 Å². The summed E-state index contributed by atoms with van der Waals surface area (Å²) in [4.78, 5) is 40.2. The number of carbonyl (C=O) groups excluding carboxylic acids is 2. The van der Waals surface area contributed by atoms with Crippen LogP contribution in [-0.4, -0.2) is 22.8 Å². The van der Waals surface area contributed by atoms with Gasteiger partial charge < -0.3 is 15.0 Å². The lowest BCUT2D eigenvalue weighted by atomic mass is 9.75. The lowest BCUT2D eigenvalue weighted by molar-refractivity contribution is 0.0910. The molecule has 1 heterocycles. The molecular formula is C24H28N2O4. The molecule has 2 N–H and O–H groups in total. The molecule has 0 unspecified atom stereocenters. The minimum atomic E-state index is -0.483. The number of hydrogen-bond acceptors (Lipinski definition) is 4. The first kappa shape index (κ1) is 20.4. The molecule has 1 aromatic carbocycles. The van der Waals surface area contributed by atoms with Crippen molar-refractivity contribution < 1.29 is 14.3 Å². The number of aromatic nitrogens is 1. The molecule has 6 heteroatoms. The number of carbonyl (C=O) groups is 2. The van der Waals surface area contributed by atoms with Gasteiger partial charge in [-0.05, 0) is 61.3 Å². The number of benzene rings is 1. The van der Waals surface area contributed by atoms with Gasteiger partial charge in [0, 0.05) is 24.2 Å². The predicted octanol–water partition coefficient (Wildman–Crippen LogP) is 3.78. The Balaban J connectivity index is 1.41. The van der Waals surface area contributed by atoms with E-state index >= 15 is 0 Å². The molecule has 2 aromatic rings. The van der Waals surface area contributed by atoms with Gasteiger partial charge >= 0.3 is 0 Å². The lowest BCUT2D eigenvalue weighted by Crippen LogP contribution is -2.34. The van der Waals surface area contributed by atoms with Crippen LogP contribution in [0.25, 0.3) is 0 Å². The van der Waals surface area contributed by atoms with E-state index in [1.54, 1.807) is 0 Å². The van der Waals surface area contributed by atoms with Gasteiger partial charge in [0.25, 0.3) is 11.5 Å². The maximum Gasteiger partial charge on any atom is 0.261 e. The van der Waals surface area contributed by atoms with E-state index in [-0.39, 0.29) is 16.8 Å². The summed E-state index contributed by atoms with van der Waals surface area (Å²) >= 11 is 0. The molecule has 0 saturated heterocycles. The van der Waals surface area contributed by atoms with E-state index in [0.717, 1.165) is 24.2 Å². The SMILES string of the molecule is CC1(C)CC(=O)c2cc(C(=O)NCc3ccc(OC4CCCC4)cc3)c(=O)[nH]c2C1. The van der Waals surface area contributed by atoms with Gasteiger partial charge in [-0.2, -0.15) is 0 Å². The number of aromatic amines is 1. The third-order valence-corrected chi connectivity index (χ3v) is 5.94. The molecule has 1 saturated carbocycles. The van der Waals surface area contributed by atoms with Crippen LogP contribution >= 0.6 is 0 Å². The van der Waals surface area contributed by atoms with E-state index in [0.29, 0.717) is 36.7 Å². The second-order valence-electron chi connectivity index (χ2n) is 9.20. The van der Waals surface area contributed by atoms with E-state index in [1.807, 2.05) is 38.1 Å². The van der Waals surface area contributed by atoms with Crippen molar-refractivity contribution in [1.82, 2.24) is 10.3 Å². The van der Waals surface area contributed by atoms with Crippen LogP contribution in [-0.2, 0) is 13.0 Å². The topological polar surface area (TPSA) is 88.3 Å². The number of ether oxygens (including phenoxy) is 1. The molecule has 1 amide bonds. The molecule has 4 rings (SSSR count). The molecule has 0 radical (unpaired) electrons. The maximum absolute atomic E-state index is 12.6. The van der Waals surface area contributed by atoms with Crippen LogP contribution in [0, 0.1) is 5.41 Å². The van der Waals surface area contributed by atoms with Crippen LogP contribution in [0.3, 0.4) is 0 Å². The van der Waals surface area contributed by atoms with Crippen molar-refractivity contribution in [3.05, 3.63) is 63.1 Å². The molecule has 1 fully saturated rings. The zero-order valence-electron chi connectivity index (χ0n) is 17.5. The Hall–Kier alpha value is -2.89. The Morgan fingerprint density at radius 1 is 1.13 bits per heavy atom. The van der Waals surface area contributed by atoms with Crippen LogP contribution in [0.5, 0.6) is 5.75 Å². The second-order valence-corrected chi connectivity index (χ2v) is 9.20. The third kappa shape index (κ3) is 4.48. The van der Waals surface area contributed by atoms with Gasteiger partial charge in [0.2, 0.25) is 0 Å². The van der Waals surface area contributed by atoms with Crippen molar-refractivity contribution in [3.63, 3.8) is 0 Å². The minimum absolute atomic E-state index is 0.0250. The van der Waals surface area contributed by atoms with Crippen LogP contribution in [0.1, 0.15) is 77.9 Å². The summed E-state index contributed by atoms with van der Waals surface area (Å²) in [5, 5.41) is 2.78. The number of rotatable bonds is 5. The van der Waals surface area contributed by atoms with E-state index in [9.17, 15) is 14.4 Å². The van der Waals surface area contributed by atoms with Gasteiger partial charge in [0.1, 0.15) is 11.3 Å². The van der Waals surface area contributed by atoms with Gasteiger partial charge in [0.05, 0.1) is 6.10 Å². The van der Waals surface area contributed by atoms with Crippen LogP contribution in [0.2, 0.25) is 0 Å². The molecule has 158 valence electrons. The number of Topliss-reactive ketones (excluding diaryl/α,β-unsaturated/α-hetero) is 1. The van der Waals surface area contributed by atoms with Crippen molar-refractivity contribution in [2.75, 3.05) is 0 Å². The molecule has 2 aliphatic rings. The molecule has 0 spiro atoms. The number of fused-ring (bicyclic) bond motifs is 1. The van der Waals surface area contributed by atoms with Crippen molar-refractivity contribution >= 4 is 11.7 Å². The van der Waals surface area contributed by atoms with Gasteiger partial charge in [-0.3, -0.25) is 14.4 Å². The third-order valence-electron chi connectivity index (χ3n) is 5.94. The Kier molecular flexibility index (Phi) is 5.50. The molecule has 0 bridgehead atoms. The highest BCUT2D eigenvalue weighted by Gasteiger charge is 2.32. The summed E-state index contributed by atoms with van der Waals surface area (Å²) in [6, 6.07) is 9.08. The first-order valence-corrected chi connectivity index (χ1v) is 10.6. The average Bonchev–Trinajstić information content (AvgIpc) is 3.19. The second kappa shape index (κ2) is 8.09. The van der Waals surface area contributed by atoms with Crippen molar-refractivity contribution in [3.8, 4) is 5.75 Å². The smallest absolute Gasteiger partial charge is 0.261 e.